The Hall–Kier alpha value is -2.11. The van der Waals surface area contributed by atoms with Crippen LogP contribution in [-0.2, 0) is 0 Å². The van der Waals surface area contributed by atoms with Crippen molar-refractivity contribution in [2.75, 3.05) is 7.05 Å². The maximum absolute atomic E-state index is 6.42. The highest BCUT2D eigenvalue weighted by molar-refractivity contribution is 7.09. The Balaban J connectivity index is 1.87. The summed E-state index contributed by atoms with van der Waals surface area (Å²) >= 11 is 7.75. The van der Waals surface area contributed by atoms with Gasteiger partial charge in [0.15, 0.2) is 0 Å². The minimum Gasteiger partial charge on any atom is -0.443 e. The summed E-state index contributed by atoms with van der Waals surface area (Å²) in [6, 6.07) is 12.0. The molecular formula is C19H20ClN3OS. The van der Waals surface area contributed by atoms with Crippen molar-refractivity contribution in [3.63, 3.8) is 0 Å². The smallest absolute Gasteiger partial charge is 0.208 e. The van der Waals surface area contributed by atoms with E-state index in [0.717, 1.165) is 27.2 Å². The fourth-order valence-corrected chi connectivity index (χ4v) is 3.12. The topological polar surface area (TPSA) is 37.7 Å². The van der Waals surface area contributed by atoms with E-state index in [4.69, 9.17) is 16.3 Å². The summed E-state index contributed by atoms with van der Waals surface area (Å²) in [7, 11) is 2.00. The van der Waals surface area contributed by atoms with E-state index in [1.54, 1.807) is 0 Å². The van der Waals surface area contributed by atoms with Crippen molar-refractivity contribution in [1.29, 1.82) is 0 Å². The van der Waals surface area contributed by atoms with Crippen molar-refractivity contribution in [2.24, 2.45) is 4.99 Å². The summed E-state index contributed by atoms with van der Waals surface area (Å²) in [4.78, 5) is 6.57. The molecule has 0 fully saturated rings. The lowest BCUT2D eigenvalue weighted by Gasteiger charge is -2.17. The normalized spacial score (nSPS) is 11.6. The Kier molecular flexibility index (Phi) is 5.25. The standard InChI is InChI=1S/C19H20ClN3OS/c1-12(2)23(4)11-21-17-10-15(20)18(9-13(17)3)24-19-14-7-5-6-8-16(14)22-25-19/h5-12H,1-4H3. The molecule has 4 nitrogen and oxygen atoms in total. The predicted molar refractivity (Wildman–Crippen MR) is 107 cm³/mol. The molecule has 1 heterocycles. The van der Waals surface area contributed by atoms with E-state index in [9.17, 15) is 0 Å². The molecule has 0 radical (unpaired) electrons. The molecule has 3 rings (SSSR count). The lowest BCUT2D eigenvalue weighted by molar-refractivity contribution is 0.429. The number of rotatable bonds is 5. The van der Waals surface area contributed by atoms with Gasteiger partial charge in [0.1, 0.15) is 5.75 Å². The van der Waals surface area contributed by atoms with E-state index >= 15 is 0 Å². The van der Waals surface area contributed by atoms with Gasteiger partial charge in [0, 0.05) is 24.6 Å². The number of aryl methyl sites for hydroxylation is 1. The third kappa shape index (κ3) is 3.94. The van der Waals surface area contributed by atoms with Gasteiger partial charge in [0.25, 0.3) is 0 Å². The van der Waals surface area contributed by atoms with Gasteiger partial charge in [-0.05, 0) is 50.6 Å². The minimum atomic E-state index is 0.391. The highest BCUT2D eigenvalue weighted by atomic mass is 35.5. The number of benzene rings is 2. The second-order valence-electron chi connectivity index (χ2n) is 6.16. The van der Waals surface area contributed by atoms with Gasteiger partial charge in [-0.1, -0.05) is 23.7 Å². The van der Waals surface area contributed by atoms with Crippen molar-refractivity contribution in [2.45, 2.75) is 26.8 Å². The number of halogens is 1. The molecule has 6 heteroatoms. The molecule has 25 heavy (non-hydrogen) atoms. The molecule has 130 valence electrons. The van der Waals surface area contributed by atoms with E-state index in [0.29, 0.717) is 16.8 Å². The summed E-state index contributed by atoms with van der Waals surface area (Å²) in [6.07, 6.45) is 1.82. The lowest BCUT2D eigenvalue weighted by atomic mass is 10.2. The van der Waals surface area contributed by atoms with Crippen LogP contribution < -0.4 is 4.74 Å². The first kappa shape index (κ1) is 17.7. The maximum atomic E-state index is 6.42. The van der Waals surface area contributed by atoms with Gasteiger partial charge >= 0.3 is 0 Å². The summed E-state index contributed by atoms with van der Waals surface area (Å²) in [5, 5.41) is 2.26. The summed E-state index contributed by atoms with van der Waals surface area (Å²) in [5.74, 6) is 0.615. The quantitative estimate of drug-likeness (QED) is 0.403. The molecule has 0 atom stereocenters. The second-order valence-corrected chi connectivity index (χ2v) is 7.31. The van der Waals surface area contributed by atoms with Crippen LogP contribution in [0.25, 0.3) is 10.9 Å². The average molecular weight is 374 g/mol. The van der Waals surface area contributed by atoms with E-state index < -0.39 is 0 Å². The molecular weight excluding hydrogens is 354 g/mol. The number of aromatic nitrogens is 1. The van der Waals surface area contributed by atoms with Crippen molar-refractivity contribution < 1.29 is 4.74 Å². The minimum absolute atomic E-state index is 0.391. The molecule has 0 saturated carbocycles. The Bertz CT molecular complexity index is 920. The predicted octanol–water partition coefficient (Wildman–Crippen LogP) is 6.05. The molecule has 2 aromatic carbocycles. The van der Waals surface area contributed by atoms with Crippen LogP contribution in [0.3, 0.4) is 0 Å². The van der Waals surface area contributed by atoms with Crippen LogP contribution in [0, 0.1) is 6.92 Å². The average Bonchev–Trinajstić information content (AvgIpc) is 2.99. The van der Waals surface area contributed by atoms with Crippen molar-refractivity contribution in [1.82, 2.24) is 9.27 Å². The van der Waals surface area contributed by atoms with Gasteiger partial charge < -0.3 is 9.64 Å². The summed E-state index contributed by atoms with van der Waals surface area (Å²) in [5.41, 5.74) is 2.76. The molecule has 0 aliphatic heterocycles. The van der Waals surface area contributed by atoms with Crippen LogP contribution in [0.2, 0.25) is 5.02 Å². The van der Waals surface area contributed by atoms with E-state index in [2.05, 4.69) is 23.2 Å². The third-order valence-corrected chi connectivity index (χ3v) is 5.05. The molecule has 0 N–H and O–H groups in total. The number of nitrogens with zero attached hydrogens (tertiary/aromatic N) is 3. The van der Waals surface area contributed by atoms with E-state index in [1.807, 2.05) is 61.6 Å². The fourth-order valence-electron chi connectivity index (χ4n) is 2.19. The molecule has 0 aliphatic carbocycles. The molecule has 0 spiro atoms. The van der Waals surface area contributed by atoms with Gasteiger partial charge in [-0.3, -0.25) is 0 Å². The van der Waals surface area contributed by atoms with Gasteiger partial charge in [-0.25, -0.2) is 4.99 Å². The lowest BCUT2D eigenvalue weighted by Crippen LogP contribution is -2.24. The van der Waals surface area contributed by atoms with Crippen LogP contribution in [0.1, 0.15) is 19.4 Å². The molecule has 0 aliphatic rings. The van der Waals surface area contributed by atoms with Gasteiger partial charge in [-0.15, -0.1) is 0 Å². The fraction of sp³-hybridized carbons (Fsp3) is 0.263. The Labute approximate surface area is 156 Å². The van der Waals surface area contributed by atoms with Crippen molar-refractivity contribution >= 4 is 46.1 Å². The summed E-state index contributed by atoms with van der Waals surface area (Å²) in [6.45, 7) is 6.22. The Morgan fingerprint density at radius 1 is 1.28 bits per heavy atom. The molecule has 0 bridgehead atoms. The van der Waals surface area contributed by atoms with Crippen molar-refractivity contribution in [3.05, 3.63) is 47.0 Å². The van der Waals surface area contributed by atoms with Crippen LogP contribution in [-0.4, -0.2) is 28.7 Å². The zero-order valence-electron chi connectivity index (χ0n) is 14.7. The van der Waals surface area contributed by atoms with Gasteiger partial charge in [0.05, 0.1) is 28.0 Å². The van der Waals surface area contributed by atoms with E-state index in [-0.39, 0.29) is 0 Å². The monoisotopic (exact) mass is 373 g/mol. The van der Waals surface area contributed by atoms with Crippen LogP contribution >= 0.6 is 23.1 Å². The largest absolute Gasteiger partial charge is 0.443 e. The molecule has 0 amide bonds. The zero-order chi connectivity index (χ0) is 18.0. The number of hydrogen-bond donors (Lipinski definition) is 0. The number of aliphatic imine (C=N–C) groups is 1. The number of ether oxygens (including phenoxy) is 1. The third-order valence-electron chi connectivity index (χ3n) is 4.00. The number of hydrogen-bond acceptors (Lipinski definition) is 4. The van der Waals surface area contributed by atoms with Gasteiger partial charge in [0.2, 0.25) is 5.06 Å². The first-order chi connectivity index (χ1) is 12.0. The van der Waals surface area contributed by atoms with Crippen LogP contribution in [0.15, 0.2) is 41.4 Å². The van der Waals surface area contributed by atoms with Crippen LogP contribution in [0.5, 0.6) is 10.8 Å². The zero-order valence-corrected chi connectivity index (χ0v) is 16.2. The Morgan fingerprint density at radius 3 is 2.80 bits per heavy atom. The van der Waals surface area contributed by atoms with E-state index in [1.165, 1.54) is 11.5 Å². The van der Waals surface area contributed by atoms with Crippen molar-refractivity contribution in [3.8, 4) is 10.8 Å². The number of fused-ring (bicyclic) bond motifs is 1. The maximum Gasteiger partial charge on any atom is 0.208 e. The Morgan fingerprint density at radius 2 is 2.04 bits per heavy atom. The second kappa shape index (κ2) is 7.42. The molecule has 0 unspecified atom stereocenters. The summed E-state index contributed by atoms with van der Waals surface area (Å²) < 4.78 is 10.4. The van der Waals surface area contributed by atoms with Gasteiger partial charge in [-0.2, -0.15) is 4.37 Å². The molecule has 3 aromatic rings. The highest BCUT2D eigenvalue weighted by Gasteiger charge is 2.12. The SMILES string of the molecule is Cc1cc(Oc2snc3ccccc23)c(Cl)cc1N=CN(C)C(C)C. The molecule has 0 saturated heterocycles. The van der Waals surface area contributed by atoms with Crippen LogP contribution in [0.4, 0.5) is 5.69 Å². The molecule has 1 aromatic heterocycles. The highest BCUT2D eigenvalue weighted by Crippen LogP contribution is 2.39. The first-order valence-electron chi connectivity index (χ1n) is 8.04. The first-order valence-corrected chi connectivity index (χ1v) is 9.19.